The number of benzene rings is 2. The lowest BCUT2D eigenvalue weighted by Gasteiger charge is -2.30. The molecule has 23 heavy (non-hydrogen) atoms. The van der Waals surface area contributed by atoms with Crippen molar-refractivity contribution >= 4 is 35.6 Å². The van der Waals surface area contributed by atoms with E-state index in [0.29, 0.717) is 21.2 Å². The predicted octanol–water partition coefficient (Wildman–Crippen LogP) is 4.16. The zero-order chi connectivity index (χ0) is 16.4. The number of rotatable bonds is 3. The van der Waals surface area contributed by atoms with Gasteiger partial charge in [0, 0.05) is 15.6 Å². The van der Waals surface area contributed by atoms with Crippen LogP contribution in [0.15, 0.2) is 53.5 Å². The maximum atomic E-state index is 12.6. The minimum absolute atomic E-state index is 0.400. The first-order chi connectivity index (χ1) is 11.1. The van der Waals surface area contributed by atoms with Gasteiger partial charge in [-0.2, -0.15) is 0 Å². The Bertz CT molecular complexity index is 743. The molecule has 0 unspecified atom stereocenters. The summed E-state index contributed by atoms with van der Waals surface area (Å²) in [5.74, 6) is -0.543. The Labute approximate surface area is 143 Å². The Morgan fingerprint density at radius 1 is 1.13 bits per heavy atom. The monoisotopic (exact) mass is 349 g/mol. The maximum Gasteiger partial charge on any atom is 0.342 e. The van der Waals surface area contributed by atoms with Gasteiger partial charge in [-0.3, -0.25) is 0 Å². The van der Waals surface area contributed by atoms with E-state index in [1.165, 1.54) is 13.5 Å². The van der Waals surface area contributed by atoms with Crippen molar-refractivity contribution in [3.05, 3.63) is 69.7 Å². The lowest BCUT2D eigenvalue weighted by molar-refractivity contribution is -0.150. The molecule has 6 heteroatoms. The summed E-state index contributed by atoms with van der Waals surface area (Å²) in [6.45, 7) is 0. The van der Waals surface area contributed by atoms with Crippen molar-refractivity contribution in [2.75, 3.05) is 7.11 Å². The van der Waals surface area contributed by atoms with Gasteiger partial charge in [-0.05, 0) is 17.7 Å². The molecule has 3 rings (SSSR count). The summed E-state index contributed by atoms with van der Waals surface area (Å²) in [4.78, 5) is 16.9. The first kappa shape index (κ1) is 15.8. The van der Waals surface area contributed by atoms with E-state index in [2.05, 4.69) is 4.99 Å². The fourth-order valence-electron chi connectivity index (χ4n) is 2.73. The average Bonchev–Trinajstić information content (AvgIpc) is 3.00. The van der Waals surface area contributed by atoms with Crippen LogP contribution in [0.25, 0.3) is 0 Å². The molecule has 2 aromatic rings. The summed E-state index contributed by atoms with van der Waals surface area (Å²) < 4.78 is 10.6. The normalized spacial score (nSPS) is 22.7. The van der Waals surface area contributed by atoms with Crippen LogP contribution in [0.2, 0.25) is 10.0 Å². The third-order valence-corrected chi connectivity index (χ3v) is 4.46. The van der Waals surface area contributed by atoms with Crippen molar-refractivity contribution in [3.8, 4) is 0 Å². The van der Waals surface area contributed by atoms with Crippen molar-refractivity contribution in [1.82, 2.24) is 0 Å². The molecule has 0 aromatic heterocycles. The molecule has 0 saturated carbocycles. The number of carbonyl (C=O) groups is 1. The van der Waals surface area contributed by atoms with Gasteiger partial charge in [-0.25, -0.2) is 9.79 Å². The molecule has 0 amide bonds. The highest BCUT2D eigenvalue weighted by atomic mass is 35.5. The minimum Gasteiger partial charge on any atom is -0.472 e. The number of hydrogen-bond acceptors (Lipinski definition) is 4. The number of nitrogens with zero attached hydrogens (tertiary/aromatic N) is 1. The van der Waals surface area contributed by atoms with Gasteiger partial charge < -0.3 is 9.47 Å². The van der Waals surface area contributed by atoms with E-state index in [4.69, 9.17) is 32.7 Å². The smallest absolute Gasteiger partial charge is 0.342 e. The van der Waals surface area contributed by atoms with Crippen LogP contribution in [0.1, 0.15) is 17.2 Å². The van der Waals surface area contributed by atoms with Gasteiger partial charge in [0.2, 0.25) is 5.54 Å². The first-order valence-electron chi connectivity index (χ1n) is 6.88. The predicted molar refractivity (Wildman–Crippen MR) is 88.9 cm³/mol. The number of aliphatic imine (C=N–C) groups is 1. The Balaban J connectivity index is 2.23. The molecule has 0 aliphatic carbocycles. The molecule has 2 aromatic carbocycles. The van der Waals surface area contributed by atoms with E-state index < -0.39 is 17.6 Å². The summed E-state index contributed by atoms with van der Waals surface area (Å²) in [6.07, 6.45) is 0.437. The zero-order valence-corrected chi connectivity index (χ0v) is 13.7. The fourth-order valence-corrected chi connectivity index (χ4v) is 3.33. The molecule has 0 radical (unpaired) electrons. The van der Waals surface area contributed by atoms with Gasteiger partial charge in [0.1, 0.15) is 0 Å². The van der Waals surface area contributed by atoms with Gasteiger partial charge in [0.25, 0.3) is 0 Å². The van der Waals surface area contributed by atoms with Crippen LogP contribution in [0.5, 0.6) is 0 Å². The topological polar surface area (TPSA) is 47.9 Å². The highest BCUT2D eigenvalue weighted by molar-refractivity contribution is 6.36. The third-order valence-electron chi connectivity index (χ3n) is 3.81. The Morgan fingerprint density at radius 3 is 2.39 bits per heavy atom. The molecule has 2 atom stereocenters. The SMILES string of the molecule is COC(=O)[C@@]1(c2ccccc2)N=CO[C@@H]1c1c(Cl)cccc1Cl. The van der Waals surface area contributed by atoms with Gasteiger partial charge in [0.15, 0.2) is 12.5 Å². The largest absolute Gasteiger partial charge is 0.472 e. The van der Waals surface area contributed by atoms with Gasteiger partial charge in [-0.15, -0.1) is 0 Å². The molecule has 0 saturated heterocycles. The lowest BCUT2D eigenvalue weighted by Crippen LogP contribution is -2.39. The van der Waals surface area contributed by atoms with Crippen LogP contribution in [0.4, 0.5) is 0 Å². The summed E-state index contributed by atoms with van der Waals surface area (Å²) in [5.41, 5.74) is -0.242. The van der Waals surface area contributed by atoms with E-state index in [-0.39, 0.29) is 0 Å². The van der Waals surface area contributed by atoms with Crippen molar-refractivity contribution in [2.45, 2.75) is 11.6 Å². The molecule has 0 N–H and O–H groups in total. The molecule has 1 aliphatic rings. The standard InChI is InChI=1S/C17H13Cl2NO3/c1-22-16(21)17(11-6-3-2-4-7-11)15(23-10-20-17)14-12(18)8-5-9-13(14)19/h2-10,15H,1H3/t15-,17+/m1/s1. The number of ether oxygens (including phenoxy) is 2. The average molecular weight is 350 g/mol. The molecule has 0 fully saturated rings. The summed E-state index contributed by atoms with van der Waals surface area (Å²) in [5, 5.41) is 0.800. The number of carbonyl (C=O) groups excluding carboxylic acids is 1. The maximum absolute atomic E-state index is 12.6. The quantitative estimate of drug-likeness (QED) is 0.781. The number of halogens is 2. The minimum atomic E-state index is -1.38. The van der Waals surface area contributed by atoms with Crippen molar-refractivity contribution in [3.63, 3.8) is 0 Å². The molecule has 0 bridgehead atoms. The number of esters is 1. The molecule has 118 valence electrons. The Morgan fingerprint density at radius 2 is 1.78 bits per heavy atom. The van der Waals surface area contributed by atoms with Crippen LogP contribution in [0.3, 0.4) is 0 Å². The van der Waals surface area contributed by atoms with Gasteiger partial charge in [-0.1, -0.05) is 59.6 Å². The molecule has 4 nitrogen and oxygen atoms in total. The molecule has 0 spiro atoms. The first-order valence-corrected chi connectivity index (χ1v) is 7.64. The molecule has 1 heterocycles. The Hall–Kier alpha value is -2.04. The van der Waals surface area contributed by atoms with Crippen molar-refractivity contribution in [2.24, 2.45) is 4.99 Å². The van der Waals surface area contributed by atoms with E-state index in [9.17, 15) is 4.79 Å². The second kappa shape index (κ2) is 6.22. The summed E-state index contributed by atoms with van der Waals surface area (Å²) in [6, 6.07) is 14.2. The van der Waals surface area contributed by atoms with E-state index >= 15 is 0 Å². The van der Waals surface area contributed by atoms with Crippen LogP contribution in [-0.2, 0) is 19.8 Å². The number of hydrogen-bond donors (Lipinski definition) is 0. The highest BCUT2D eigenvalue weighted by Gasteiger charge is 2.54. The van der Waals surface area contributed by atoms with E-state index in [1.807, 2.05) is 18.2 Å². The van der Waals surface area contributed by atoms with Crippen LogP contribution < -0.4 is 0 Å². The second-order valence-electron chi connectivity index (χ2n) is 5.01. The molecular formula is C17H13Cl2NO3. The molecular weight excluding hydrogens is 337 g/mol. The van der Waals surface area contributed by atoms with E-state index in [1.54, 1.807) is 30.3 Å². The molecule has 1 aliphatic heterocycles. The summed E-state index contributed by atoms with van der Waals surface area (Å²) >= 11 is 12.6. The third kappa shape index (κ3) is 2.48. The summed E-state index contributed by atoms with van der Waals surface area (Å²) in [7, 11) is 1.31. The van der Waals surface area contributed by atoms with Crippen LogP contribution >= 0.6 is 23.2 Å². The lowest BCUT2D eigenvalue weighted by atomic mass is 9.82. The van der Waals surface area contributed by atoms with Crippen molar-refractivity contribution in [1.29, 1.82) is 0 Å². The zero-order valence-electron chi connectivity index (χ0n) is 12.2. The highest BCUT2D eigenvalue weighted by Crippen LogP contribution is 2.48. The van der Waals surface area contributed by atoms with Crippen LogP contribution in [-0.4, -0.2) is 19.5 Å². The van der Waals surface area contributed by atoms with E-state index in [0.717, 1.165) is 0 Å². The van der Waals surface area contributed by atoms with Gasteiger partial charge in [0.05, 0.1) is 7.11 Å². The van der Waals surface area contributed by atoms with Gasteiger partial charge >= 0.3 is 5.97 Å². The second-order valence-corrected chi connectivity index (χ2v) is 5.82. The Kier molecular flexibility index (Phi) is 4.28. The number of methoxy groups -OCH3 is 1. The van der Waals surface area contributed by atoms with Crippen molar-refractivity contribution < 1.29 is 14.3 Å². The van der Waals surface area contributed by atoms with Crippen LogP contribution in [0, 0.1) is 0 Å². The fraction of sp³-hybridized carbons (Fsp3) is 0.176.